The fourth-order valence-corrected chi connectivity index (χ4v) is 2.17. The summed E-state index contributed by atoms with van der Waals surface area (Å²) >= 11 is 1.73. The summed E-state index contributed by atoms with van der Waals surface area (Å²) in [6.45, 7) is 0.878. The molecule has 3 nitrogen and oxygen atoms in total. The summed E-state index contributed by atoms with van der Waals surface area (Å²) < 4.78 is 5.03. The first-order valence-electron chi connectivity index (χ1n) is 4.36. The second-order valence-corrected chi connectivity index (χ2v) is 4.01. The zero-order valence-corrected chi connectivity index (χ0v) is 8.67. The molecular formula is C10H11NO2S. The van der Waals surface area contributed by atoms with Gasteiger partial charge in [-0.2, -0.15) is 0 Å². The number of hydrogen-bond acceptors (Lipinski definition) is 4. The molecule has 0 bridgehead atoms. The van der Waals surface area contributed by atoms with E-state index >= 15 is 0 Å². The first kappa shape index (κ1) is 9.40. The van der Waals surface area contributed by atoms with Gasteiger partial charge in [0.25, 0.3) is 0 Å². The maximum atomic E-state index is 9.41. The summed E-state index contributed by atoms with van der Waals surface area (Å²) in [5.41, 5.74) is 1.02. The minimum Gasteiger partial charge on any atom is -0.504 e. The molecule has 0 aromatic heterocycles. The highest BCUT2D eigenvalue weighted by molar-refractivity contribution is 8.14. The lowest BCUT2D eigenvalue weighted by Crippen LogP contribution is -1.93. The third kappa shape index (κ3) is 1.70. The highest BCUT2D eigenvalue weighted by Crippen LogP contribution is 2.29. The van der Waals surface area contributed by atoms with Gasteiger partial charge in [-0.3, -0.25) is 4.99 Å². The SMILES string of the molecule is COc1cc(C2=NCCS2)ccc1O. The van der Waals surface area contributed by atoms with E-state index in [-0.39, 0.29) is 5.75 Å². The van der Waals surface area contributed by atoms with Crippen molar-refractivity contribution in [2.75, 3.05) is 19.4 Å². The van der Waals surface area contributed by atoms with E-state index in [0.29, 0.717) is 5.75 Å². The van der Waals surface area contributed by atoms with Gasteiger partial charge in [0.05, 0.1) is 12.2 Å². The molecule has 1 aliphatic rings. The number of phenols is 1. The molecule has 0 aliphatic carbocycles. The molecule has 0 fully saturated rings. The van der Waals surface area contributed by atoms with E-state index in [4.69, 9.17) is 4.74 Å². The summed E-state index contributed by atoms with van der Waals surface area (Å²) in [5, 5.41) is 10.4. The quantitative estimate of drug-likeness (QED) is 0.808. The number of ether oxygens (including phenoxy) is 1. The van der Waals surface area contributed by atoms with Crippen LogP contribution in [-0.2, 0) is 0 Å². The maximum Gasteiger partial charge on any atom is 0.161 e. The van der Waals surface area contributed by atoms with E-state index in [2.05, 4.69) is 4.99 Å². The van der Waals surface area contributed by atoms with Gasteiger partial charge in [0.15, 0.2) is 11.5 Å². The molecule has 4 heteroatoms. The fraction of sp³-hybridized carbons (Fsp3) is 0.300. The monoisotopic (exact) mass is 209 g/mol. The largest absolute Gasteiger partial charge is 0.504 e. The van der Waals surface area contributed by atoms with Crippen LogP contribution < -0.4 is 4.74 Å². The van der Waals surface area contributed by atoms with E-state index in [0.717, 1.165) is 22.9 Å². The lowest BCUT2D eigenvalue weighted by molar-refractivity contribution is 0.373. The zero-order chi connectivity index (χ0) is 9.97. The van der Waals surface area contributed by atoms with Crippen LogP contribution in [0.25, 0.3) is 0 Å². The van der Waals surface area contributed by atoms with Crippen LogP contribution in [-0.4, -0.2) is 29.6 Å². The Morgan fingerprint density at radius 1 is 1.50 bits per heavy atom. The van der Waals surface area contributed by atoms with Crippen molar-refractivity contribution in [1.29, 1.82) is 0 Å². The number of nitrogens with zero attached hydrogens (tertiary/aromatic N) is 1. The number of hydrogen-bond donors (Lipinski definition) is 1. The van der Waals surface area contributed by atoms with E-state index in [1.807, 2.05) is 12.1 Å². The van der Waals surface area contributed by atoms with Gasteiger partial charge in [0.2, 0.25) is 0 Å². The third-order valence-corrected chi connectivity index (χ3v) is 3.04. The molecule has 0 spiro atoms. The third-order valence-electron chi connectivity index (χ3n) is 2.01. The highest BCUT2D eigenvalue weighted by atomic mass is 32.2. The van der Waals surface area contributed by atoms with Gasteiger partial charge in [-0.1, -0.05) is 0 Å². The van der Waals surface area contributed by atoms with Crippen LogP contribution in [0.15, 0.2) is 23.2 Å². The van der Waals surface area contributed by atoms with Crippen LogP contribution in [0, 0.1) is 0 Å². The maximum absolute atomic E-state index is 9.41. The van der Waals surface area contributed by atoms with Gasteiger partial charge in [-0.25, -0.2) is 0 Å². The molecule has 74 valence electrons. The van der Waals surface area contributed by atoms with Crippen LogP contribution in [0.1, 0.15) is 5.56 Å². The normalized spacial score (nSPS) is 15.4. The number of methoxy groups -OCH3 is 1. The predicted molar refractivity (Wildman–Crippen MR) is 58.5 cm³/mol. The van der Waals surface area contributed by atoms with Crippen molar-refractivity contribution < 1.29 is 9.84 Å². The number of thioether (sulfide) groups is 1. The average molecular weight is 209 g/mol. The summed E-state index contributed by atoms with van der Waals surface area (Å²) in [7, 11) is 1.54. The Labute approximate surface area is 86.8 Å². The number of aromatic hydroxyl groups is 1. The molecule has 1 aromatic rings. The lowest BCUT2D eigenvalue weighted by Gasteiger charge is -2.05. The number of aliphatic imine (C=N–C) groups is 1. The van der Waals surface area contributed by atoms with Crippen LogP contribution >= 0.6 is 11.8 Å². The summed E-state index contributed by atoms with van der Waals surface area (Å²) in [5.74, 6) is 1.70. The molecule has 0 radical (unpaired) electrons. The van der Waals surface area contributed by atoms with Crippen molar-refractivity contribution in [2.24, 2.45) is 4.99 Å². The standard InChI is InChI=1S/C10H11NO2S/c1-13-9-6-7(2-3-8(9)12)10-11-4-5-14-10/h2-3,6,12H,4-5H2,1H3. The summed E-state index contributed by atoms with van der Waals surface area (Å²) in [4.78, 5) is 4.35. The van der Waals surface area contributed by atoms with Gasteiger partial charge in [0, 0.05) is 17.9 Å². The fourth-order valence-electron chi connectivity index (χ4n) is 1.32. The van der Waals surface area contributed by atoms with Crippen LogP contribution in [0.3, 0.4) is 0 Å². The first-order chi connectivity index (χ1) is 6.81. The molecule has 0 unspecified atom stereocenters. The van der Waals surface area contributed by atoms with Crippen LogP contribution in [0.2, 0.25) is 0 Å². The Morgan fingerprint density at radius 3 is 3.00 bits per heavy atom. The second-order valence-electron chi connectivity index (χ2n) is 2.92. The highest BCUT2D eigenvalue weighted by Gasteiger charge is 2.11. The summed E-state index contributed by atoms with van der Waals surface area (Å²) in [6.07, 6.45) is 0. The molecule has 0 saturated carbocycles. The number of benzene rings is 1. The van der Waals surface area contributed by atoms with Crippen molar-refractivity contribution in [3.8, 4) is 11.5 Å². The molecule has 0 saturated heterocycles. The van der Waals surface area contributed by atoms with Crippen molar-refractivity contribution >= 4 is 16.8 Å². The minimum atomic E-state index is 0.167. The average Bonchev–Trinajstić information content (AvgIpc) is 2.71. The van der Waals surface area contributed by atoms with Crippen molar-refractivity contribution in [3.05, 3.63) is 23.8 Å². The smallest absolute Gasteiger partial charge is 0.161 e. The molecule has 1 aliphatic heterocycles. The zero-order valence-electron chi connectivity index (χ0n) is 7.86. The van der Waals surface area contributed by atoms with Crippen LogP contribution in [0.4, 0.5) is 0 Å². The van der Waals surface area contributed by atoms with Crippen molar-refractivity contribution in [3.63, 3.8) is 0 Å². The van der Waals surface area contributed by atoms with Gasteiger partial charge in [-0.05, 0) is 18.2 Å². The molecule has 2 rings (SSSR count). The Bertz CT molecular complexity index is 376. The van der Waals surface area contributed by atoms with Crippen LogP contribution in [0.5, 0.6) is 11.5 Å². The number of phenolic OH excluding ortho intramolecular Hbond substituents is 1. The molecule has 0 amide bonds. The van der Waals surface area contributed by atoms with Crippen molar-refractivity contribution in [2.45, 2.75) is 0 Å². The Morgan fingerprint density at radius 2 is 2.36 bits per heavy atom. The molecule has 14 heavy (non-hydrogen) atoms. The van der Waals surface area contributed by atoms with E-state index in [1.165, 1.54) is 0 Å². The summed E-state index contributed by atoms with van der Waals surface area (Å²) in [6, 6.07) is 5.30. The molecular weight excluding hydrogens is 198 g/mol. The Kier molecular flexibility index (Phi) is 2.63. The van der Waals surface area contributed by atoms with Gasteiger partial charge in [0.1, 0.15) is 0 Å². The predicted octanol–water partition coefficient (Wildman–Crippen LogP) is 1.89. The van der Waals surface area contributed by atoms with E-state index < -0.39 is 0 Å². The molecule has 1 heterocycles. The Hall–Kier alpha value is -1.16. The molecule has 1 aromatic carbocycles. The Balaban J connectivity index is 2.35. The molecule has 0 atom stereocenters. The van der Waals surface area contributed by atoms with Gasteiger partial charge < -0.3 is 9.84 Å². The molecule has 1 N–H and O–H groups in total. The number of rotatable bonds is 2. The van der Waals surface area contributed by atoms with Gasteiger partial charge in [-0.15, -0.1) is 11.8 Å². The van der Waals surface area contributed by atoms with E-state index in [9.17, 15) is 5.11 Å². The van der Waals surface area contributed by atoms with Gasteiger partial charge >= 0.3 is 0 Å². The van der Waals surface area contributed by atoms with Crippen molar-refractivity contribution in [1.82, 2.24) is 0 Å². The minimum absolute atomic E-state index is 0.167. The lowest BCUT2D eigenvalue weighted by atomic mass is 10.2. The second kappa shape index (κ2) is 3.92. The van der Waals surface area contributed by atoms with E-state index in [1.54, 1.807) is 24.9 Å². The first-order valence-corrected chi connectivity index (χ1v) is 5.34. The topological polar surface area (TPSA) is 41.8 Å².